The number of cyclic esters (lactones) is 1. The zero-order valence-corrected chi connectivity index (χ0v) is 36.1. The van der Waals surface area contributed by atoms with E-state index in [4.69, 9.17) is 14.5 Å². The van der Waals surface area contributed by atoms with Crippen molar-refractivity contribution in [2.24, 2.45) is 5.41 Å². The minimum absolute atomic E-state index is 0.0554. The maximum atomic E-state index is 13.7. The molecule has 0 unspecified atom stereocenters. The number of carboxylic acid groups (broad SMARTS) is 2. The van der Waals surface area contributed by atoms with E-state index in [9.17, 15) is 48.9 Å². The number of rotatable bonds is 16. The number of fused-ring (bicyclic) bond motifs is 5. The van der Waals surface area contributed by atoms with Gasteiger partial charge in [0.25, 0.3) is 5.56 Å². The molecule has 0 radical (unpaired) electrons. The molecule has 2 saturated heterocycles. The summed E-state index contributed by atoms with van der Waals surface area (Å²) in [5, 5.41) is 30.8. The van der Waals surface area contributed by atoms with E-state index in [2.05, 4.69) is 0 Å². The molecule has 7 rings (SSSR count). The van der Waals surface area contributed by atoms with Crippen LogP contribution in [-0.4, -0.2) is 115 Å². The van der Waals surface area contributed by atoms with Crippen molar-refractivity contribution in [2.45, 2.75) is 122 Å². The molecule has 0 aliphatic carbocycles. The van der Waals surface area contributed by atoms with Gasteiger partial charge in [0.15, 0.2) is 11.0 Å². The average molecular weight is 872 g/mol. The Bertz CT molecular complexity index is 2340. The molecule has 17 nitrogen and oxygen atoms in total. The lowest BCUT2D eigenvalue weighted by molar-refractivity contribution is -0.172. The van der Waals surface area contributed by atoms with Crippen LogP contribution in [0.15, 0.2) is 29.1 Å². The molecular formula is C46H57N5O12. The van der Waals surface area contributed by atoms with Crippen molar-refractivity contribution in [3.8, 4) is 17.1 Å². The Hall–Kier alpha value is -5.84. The maximum absolute atomic E-state index is 13.7. The van der Waals surface area contributed by atoms with E-state index in [1.54, 1.807) is 50.5 Å². The number of unbranched alkanes of at least 4 members (excludes halogenated alkanes) is 7. The van der Waals surface area contributed by atoms with Crippen molar-refractivity contribution in [1.82, 2.24) is 24.3 Å². The Morgan fingerprint density at radius 2 is 1.33 bits per heavy atom. The van der Waals surface area contributed by atoms with Gasteiger partial charge in [0.05, 0.1) is 29.0 Å². The Morgan fingerprint density at radius 1 is 0.762 bits per heavy atom. The number of carbonyl (C=O) groups is 6. The highest BCUT2D eigenvalue weighted by Gasteiger charge is 2.49. The molecule has 3 amide bonds. The van der Waals surface area contributed by atoms with Crippen LogP contribution in [0, 0.1) is 5.41 Å². The van der Waals surface area contributed by atoms with Crippen molar-refractivity contribution in [3.05, 3.63) is 56.9 Å². The van der Waals surface area contributed by atoms with Crippen molar-refractivity contribution >= 4 is 46.7 Å². The lowest BCUT2D eigenvalue weighted by Gasteiger charge is -2.36. The number of aromatic nitrogens is 2. The maximum Gasteiger partial charge on any atom is 0.415 e. The second kappa shape index (κ2) is 18.9. The second-order valence-electron chi connectivity index (χ2n) is 17.2. The summed E-state index contributed by atoms with van der Waals surface area (Å²) < 4.78 is 12.6. The summed E-state index contributed by atoms with van der Waals surface area (Å²) in [6, 6.07) is 6.94. The van der Waals surface area contributed by atoms with E-state index >= 15 is 0 Å². The number of hydrogen-bond acceptors (Lipinski definition) is 11. The Morgan fingerprint density at radius 3 is 1.90 bits per heavy atom. The quantitative estimate of drug-likeness (QED) is 0.0770. The number of aryl methyl sites for hydroxylation is 1. The van der Waals surface area contributed by atoms with Crippen LogP contribution in [0.4, 0.5) is 4.79 Å². The number of esters is 1. The molecule has 0 bridgehead atoms. The third-order valence-corrected chi connectivity index (χ3v) is 13.5. The van der Waals surface area contributed by atoms with Gasteiger partial charge in [-0.3, -0.25) is 24.0 Å². The van der Waals surface area contributed by atoms with Gasteiger partial charge >= 0.3 is 24.0 Å². The Kier molecular flexibility index (Phi) is 13.5. The van der Waals surface area contributed by atoms with Crippen LogP contribution in [0.25, 0.3) is 22.3 Å². The molecule has 2 aromatic heterocycles. The molecule has 0 saturated carbocycles. The molecule has 0 spiro atoms. The molecule has 2 fully saturated rings. The molecule has 6 heterocycles. The number of piperazine rings is 1. The largest absolute Gasteiger partial charge is 0.480 e. The third kappa shape index (κ3) is 8.89. The number of piperidine rings is 1. The molecule has 1 atom stereocenters. The number of carbonyl (C=O) groups excluding carboxylic acids is 4. The molecule has 17 heteroatoms. The first-order valence-corrected chi connectivity index (χ1v) is 22.3. The van der Waals surface area contributed by atoms with E-state index in [-0.39, 0.29) is 74.0 Å². The summed E-state index contributed by atoms with van der Waals surface area (Å²) in [6.45, 7) is 5.58. The normalized spacial score (nSPS) is 19.0. The number of amides is 3. The van der Waals surface area contributed by atoms with Crippen molar-refractivity contribution in [2.75, 3.05) is 39.3 Å². The van der Waals surface area contributed by atoms with Crippen LogP contribution < -0.4 is 10.3 Å². The predicted molar refractivity (Wildman–Crippen MR) is 228 cm³/mol. The standard InChI is InChI=1S/C46H57N5O12/c1-3-30-31-25-29(15-16-35(31)47-39-32(30)27-51-36(39)26-34-33(40(51)54)28-62-43(59)46(34,61)4-2)63-44(60)50-23-21-49(22-24-50)38(53)14-12-10-8-6-5-7-9-11-13-37(52)48-19-17-45(18-20-48,41(55)56)42(57)58/h15-16,25-26,61H,3-14,17-24,27-28H2,1-2H3,(H,55,56)(H,57,58)/t46-/m0/s1. The minimum atomic E-state index is -1.91. The van der Waals surface area contributed by atoms with Crippen molar-refractivity contribution in [1.29, 1.82) is 0 Å². The van der Waals surface area contributed by atoms with E-state index < -0.39 is 35.0 Å². The molecule has 1 aromatic carbocycles. The van der Waals surface area contributed by atoms with Gasteiger partial charge in [-0.2, -0.15) is 0 Å². The number of ether oxygens (including phenoxy) is 2. The molecular weight excluding hydrogens is 815 g/mol. The average Bonchev–Trinajstić information content (AvgIpc) is 3.65. The summed E-state index contributed by atoms with van der Waals surface area (Å²) in [4.78, 5) is 98.0. The predicted octanol–water partition coefficient (Wildman–Crippen LogP) is 4.96. The number of nitrogens with zero attached hydrogens (tertiary/aromatic N) is 5. The number of aliphatic carboxylic acids is 2. The van der Waals surface area contributed by atoms with Gasteiger partial charge in [0.2, 0.25) is 11.8 Å². The zero-order valence-electron chi connectivity index (χ0n) is 36.1. The number of hydrogen-bond donors (Lipinski definition) is 3. The van der Waals surface area contributed by atoms with Crippen molar-refractivity contribution in [3.63, 3.8) is 0 Å². The number of likely N-dealkylation sites (tertiary alicyclic amines) is 1. The van der Waals surface area contributed by atoms with Crippen LogP contribution in [-0.2, 0) is 53.9 Å². The monoisotopic (exact) mass is 871 g/mol. The van der Waals surface area contributed by atoms with E-state index in [0.717, 1.165) is 67.9 Å². The first kappa shape index (κ1) is 45.2. The molecule has 63 heavy (non-hydrogen) atoms. The summed E-state index contributed by atoms with van der Waals surface area (Å²) >= 11 is 0. The zero-order chi connectivity index (χ0) is 45.1. The van der Waals surface area contributed by atoms with Crippen LogP contribution in [0.5, 0.6) is 5.75 Å². The van der Waals surface area contributed by atoms with Gasteiger partial charge < -0.3 is 44.1 Å². The van der Waals surface area contributed by atoms with Gasteiger partial charge in [-0.05, 0) is 68.4 Å². The fourth-order valence-corrected chi connectivity index (χ4v) is 9.50. The van der Waals surface area contributed by atoms with E-state index in [0.29, 0.717) is 68.1 Å². The van der Waals surface area contributed by atoms with Crippen LogP contribution in [0.1, 0.15) is 120 Å². The number of pyridine rings is 2. The van der Waals surface area contributed by atoms with E-state index in [1.165, 1.54) is 0 Å². The molecule has 4 aliphatic heterocycles. The Labute approximate surface area is 364 Å². The Balaban J connectivity index is 0.812. The minimum Gasteiger partial charge on any atom is -0.480 e. The molecule has 3 aromatic rings. The molecule has 338 valence electrons. The van der Waals surface area contributed by atoms with Gasteiger partial charge in [0.1, 0.15) is 12.4 Å². The first-order valence-electron chi connectivity index (χ1n) is 22.3. The van der Waals surface area contributed by atoms with Crippen LogP contribution in [0.3, 0.4) is 0 Å². The van der Waals surface area contributed by atoms with E-state index in [1.807, 2.05) is 6.92 Å². The first-order chi connectivity index (χ1) is 30.2. The topological polar surface area (TPSA) is 226 Å². The summed E-state index contributed by atoms with van der Waals surface area (Å²) in [6.07, 6.45) is 8.29. The lowest BCUT2D eigenvalue weighted by atomic mass is 9.78. The summed E-state index contributed by atoms with van der Waals surface area (Å²) in [7, 11) is 0. The van der Waals surface area contributed by atoms with Gasteiger partial charge in [-0.25, -0.2) is 14.6 Å². The smallest absolute Gasteiger partial charge is 0.415 e. The fraction of sp³-hybridized carbons (Fsp3) is 0.565. The summed E-state index contributed by atoms with van der Waals surface area (Å²) in [5.41, 5.74) is 0.0785. The second-order valence-corrected chi connectivity index (χ2v) is 17.2. The molecule has 3 N–H and O–H groups in total. The lowest BCUT2D eigenvalue weighted by Crippen LogP contribution is -2.51. The number of carboxylic acids is 2. The van der Waals surface area contributed by atoms with Gasteiger partial charge in [-0.15, -0.1) is 0 Å². The molecule has 4 aliphatic rings. The summed E-state index contributed by atoms with van der Waals surface area (Å²) in [5.74, 6) is -3.09. The third-order valence-electron chi connectivity index (χ3n) is 13.5. The number of aliphatic hydroxyl groups is 1. The highest BCUT2D eigenvalue weighted by atomic mass is 16.6. The van der Waals surface area contributed by atoms with Crippen molar-refractivity contribution < 1.29 is 53.6 Å². The van der Waals surface area contributed by atoms with Gasteiger partial charge in [-0.1, -0.05) is 52.4 Å². The highest BCUT2D eigenvalue weighted by Crippen LogP contribution is 2.41. The van der Waals surface area contributed by atoms with Crippen LogP contribution >= 0.6 is 0 Å². The SMILES string of the molecule is CCc1c2c(nc3ccc(OC(=O)N4CCN(C(=O)CCCCCCCCCCC(=O)N5CCC(C(=O)O)(C(=O)O)CC5)CC4)cc13)-c1cc3c(c(=O)n1C2)COC(=O)[C@]3(O)CC. The number of benzene rings is 1. The van der Waals surface area contributed by atoms with Gasteiger partial charge in [0, 0.05) is 68.6 Å². The highest BCUT2D eigenvalue weighted by molar-refractivity contribution is 5.98. The fourth-order valence-electron chi connectivity index (χ4n) is 9.50. The van der Waals surface area contributed by atoms with Crippen LogP contribution in [0.2, 0.25) is 0 Å².